The predicted molar refractivity (Wildman–Crippen MR) is 56.6 cm³/mol. The summed E-state index contributed by atoms with van der Waals surface area (Å²) >= 11 is 0. The van der Waals surface area contributed by atoms with E-state index in [2.05, 4.69) is 15.5 Å². The van der Waals surface area contributed by atoms with Crippen molar-refractivity contribution in [3.8, 4) is 0 Å². The van der Waals surface area contributed by atoms with Gasteiger partial charge in [-0.1, -0.05) is 5.10 Å². The molecule has 0 aliphatic heterocycles. The fourth-order valence-electron chi connectivity index (χ4n) is 1.27. The number of anilines is 1. The molecule has 1 heterocycles. The van der Waals surface area contributed by atoms with Gasteiger partial charge in [-0.15, -0.1) is 5.10 Å². The Morgan fingerprint density at radius 2 is 2.13 bits per heavy atom. The fourth-order valence-corrected chi connectivity index (χ4v) is 1.27. The molecule has 2 N–H and O–H groups in total. The monoisotopic (exact) mass is 214 g/mol. The van der Waals surface area contributed by atoms with E-state index in [-0.39, 0.29) is 0 Å². The summed E-state index contributed by atoms with van der Waals surface area (Å²) in [4.78, 5) is 1.73. The van der Waals surface area contributed by atoms with Crippen LogP contribution in [-0.4, -0.2) is 41.5 Å². The van der Waals surface area contributed by atoms with Gasteiger partial charge < -0.3 is 19.7 Å². The number of likely N-dealkylation sites (N-methyl/N-ethyl adjacent to an activating group) is 1. The van der Waals surface area contributed by atoms with Crippen LogP contribution in [0.15, 0.2) is 4.42 Å². The van der Waals surface area contributed by atoms with Gasteiger partial charge in [0.05, 0.1) is 18.7 Å². The number of nitrogens with zero attached hydrogens (tertiary/aromatic N) is 3. The van der Waals surface area contributed by atoms with Crippen LogP contribution in [0.1, 0.15) is 19.7 Å². The average molecular weight is 214 g/mol. The zero-order valence-electron chi connectivity index (χ0n) is 9.61. The Morgan fingerprint density at radius 3 is 2.67 bits per heavy atom. The van der Waals surface area contributed by atoms with E-state index in [1.807, 2.05) is 7.05 Å². The van der Waals surface area contributed by atoms with Crippen molar-refractivity contribution in [3.63, 3.8) is 0 Å². The lowest BCUT2D eigenvalue weighted by atomic mass is 10.1. The third kappa shape index (κ3) is 3.85. The van der Waals surface area contributed by atoms with E-state index in [0.717, 1.165) is 0 Å². The zero-order chi connectivity index (χ0) is 11.5. The molecule has 0 unspecified atom stereocenters. The van der Waals surface area contributed by atoms with Gasteiger partial charge in [0.15, 0.2) is 0 Å². The molecule has 15 heavy (non-hydrogen) atoms. The Morgan fingerprint density at radius 1 is 1.47 bits per heavy atom. The molecule has 1 aromatic rings. The molecule has 0 atom stereocenters. The summed E-state index contributed by atoms with van der Waals surface area (Å²) in [7, 11) is 3.61. The molecule has 1 aromatic heterocycles. The average Bonchev–Trinajstić information content (AvgIpc) is 2.50. The maximum atomic E-state index is 9.62. The maximum absolute atomic E-state index is 9.62. The van der Waals surface area contributed by atoms with Crippen LogP contribution in [0.4, 0.5) is 6.01 Å². The van der Waals surface area contributed by atoms with E-state index in [1.54, 1.807) is 25.8 Å². The Balaban J connectivity index is 2.61. The topological polar surface area (TPSA) is 74.4 Å². The number of hydrogen-bond acceptors (Lipinski definition) is 6. The lowest BCUT2D eigenvalue weighted by molar-refractivity contribution is 0.0874. The van der Waals surface area contributed by atoms with Crippen molar-refractivity contribution in [3.05, 3.63) is 5.89 Å². The van der Waals surface area contributed by atoms with Crippen molar-refractivity contribution >= 4 is 6.01 Å². The van der Waals surface area contributed by atoms with Crippen LogP contribution in [0.25, 0.3) is 0 Å². The van der Waals surface area contributed by atoms with E-state index in [1.165, 1.54) is 0 Å². The van der Waals surface area contributed by atoms with Crippen LogP contribution in [0.3, 0.4) is 0 Å². The molecule has 0 aliphatic carbocycles. The molecule has 1 rings (SSSR count). The predicted octanol–water partition coefficient (Wildman–Crippen LogP) is -0.00390. The largest absolute Gasteiger partial charge is 0.407 e. The van der Waals surface area contributed by atoms with E-state index >= 15 is 0 Å². The highest BCUT2D eigenvalue weighted by Crippen LogP contribution is 2.13. The van der Waals surface area contributed by atoms with Crippen molar-refractivity contribution in [2.24, 2.45) is 0 Å². The Labute approximate surface area is 89.3 Å². The van der Waals surface area contributed by atoms with Crippen LogP contribution in [0.2, 0.25) is 0 Å². The molecule has 6 nitrogen and oxygen atoms in total. The van der Waals surface area contributed by atoms with E-state index in [4.69, 9.17) is 4.42 Å². The summed E-state index contributed by atoms with van der Waals surface area (Å²) in [6, 6.07) is 0.419. The zero-order valence-corrected chi connectivity index (χ0v) is 9.61. The van der Waals surface area contributed by atoms with E-state index in [9.17, 15) is 5.11 Å². The van der Waals surface area contributed by atoms with Gasteiger partial charge in [-0.05, 0) is 20.9 Å². The van der Waals surface area contributed by atoms with Crippen LogP contribution in [-0.2, 0) is 6.54 Å². The van der Waals surface area contributed by atoms with Crippen LogP contribution >= 0.6 is 0 Å². The highest BCUT2D eigenvalue weighted by Gasteiger charge is 2.19. The minimum Gasteiger partial charge on any atom is -0.407 e. The third-order valence-electron chi connectivity index (χ3n) is 1.73. The van der Waals surface area contributed by atoms with Crippen molar-refractivity contribution < 1.29 is 9.52 Å². The van der Waals surface area contributed by atoms with Crippen LogP contribution < -0.4 is 10.2 Å². The first-order chi connectivity index (χ1) is 6.92. The van der Waals surface area contributed by atoms with Gasteiger partial charge in [-0.3, -0.25) is 0 Å². The smallest absolute Gasteiger partial charge is 0.318 e. The molecule has 0 aromatic carbocycles. The minimum absolute atomic E-state index is 0.419. The van der Waals surface area contributed by atoms with Crippen molar-refractivity contribution in [2.75, 3.05) is 25.5 Å². The van der Waals surface area contributed by atoms with Gasteiger partial charge in [0, 0.05) is 7.05 Å². The molecule has 0 bridgehead atoms. The number of hydrogen-bond donors (Lipinski definition) is 2. The highest BCUT2D eigenvalue weighted by molar-refractivity contribution is 5.22. The SMILES string of the molecule is CNCc1nnc(N(C)CC(C)(C)O)o1. The van der Waals surface area contributed by atoms with Crippen LogP contribution in [0, 0.1) is 0 Å². The number of rotatable bonds is 5. The van der Waals surface area contributed by atoms with Gasteiger partial charge >= 0.3 is 6.01 Å². The Kier molecular flexibility index (Phi) is 3.65. The van der Waals surface area contributed by atoms with Crippen molar-refractivity contribution in [1.82, 2.24) is 15.5 Å². The molecule has 0 spiro atoms. The van der Waals surface area contributed by atoms with Crippen molar-refractivity contribution in [1.29, 1.82) is 0 Å². The van der Waals surface area contributed by atoms with Gasteiger partial charge in [0.25, 0.3) is 0 Å². The van der Waals surface area contributed by atoms with Gasteiger partial charge in [-0.25, -0.2) is 0 Å². The first-order valence-corrected chi connectivity index (χ1v) is 4.83. The highest BCUT2D eigenvalue weighted by atomic mass is 16.4. The molecule has 0 aliphatic rings. The molecular formula is C9H18N4O2. The molecule has 6 heteroatoms. The van der Waals surface area contributed by atoms with Gasteiger partial charge in [-0.2, -0.15) is 0 Å². The van der Waals surface area contributed by atoms with Gasteiger partial charge in [0.2, 0.25) is 5.89 Å². The number of aliphatic hydroxyl groups is 1. The summed E-state index contributed by atoms with van der Waals surface area (Å²) in [5, 5.41) is 20.3. The third-order valence-corrected chi connectivity index (χ3v) is 1.73. The number of aromatic nitrogens is 2. The second kappa shape index (κ2) is 4.59. The normalized spacial score (nSPS) is 11.8. The Hall–Kier alpha value is -1.14. The summed E-state index contributed by atoms with van der Waals surface area (Å²) in [5.41, 5.74) is -0.785. The summed E-state index contributed by atoms with van der Waals surface area (Å²) in [5.74, 6) is 0.537. The second-order valence-corrected chi connectivity index (χ2v) is 4.18. The molecular weight excluding hydrogens is 196 g/mol. The summed E-state index contributed by atoms with van der Waals surface area (Å²) in [6.07, 6.45) is 0. The lowest BCUT2D eigenvalue weighted by Crippen LogP contribution is -2.36. The molecule has 0 saturated carbocycles. The first-order valence-electron chi connectivity index (χ1n) is 4.83. The number of nitrogens with one attached hydrogen (secondary N) is 1. The summed E-state index contributed by atoms with van der Waals surface area (Å²) in [6.45, 7) is 4.44. The maximum Gasteiger partial charge on any atom is 0.318 e. The van der Waals surface area contributed by atoms with Crippen LogP contribution in [0.5, 0.6) is 0 Å². The molecule has 0 fully saturated rings. The van der Waals surface area contributed by atoms with Crippen molar-refractivity contribution in [2.45, 2.75) is 26.0 Å². The van der Waals surface area contributed by atoms with E-state index in [0.29, 0.717) is 25.0 Å². The van der Waals surface area contributed by atoms with E-state index < -0.39 is 5.60 Å². The van der Waals surface area contributed by atoms with Gasteiger partial charge in [0.1, 0.15) is 0 Å². The second-order valence-electron chi connectivity index (χ2n) is 4.18. The standard InChI is InChI=1S/C9H18N4O2/c1-9(2,14)6-13(4)8-12-11-7(15-8)5-10-3/h10,14H,5-6H2,1-4H3. The molecule has 0 radical (unpaired) electrons. The minimum atomic E-state index is -0.785. The molecule has 0 amide bonds. The first kappa shape index (κ1) is 11.9. The lowest BCUT2D eigenvalue weighted by Gasteiger charge is -2.23. The Bertz CT molecular complexity index is 305. The fraction of sp³-hybridized carbons (Fsp3) is 0.778. The quantitative estimate of drug-likeness (QED) is 0.718. The molecule has 86 valence electrons. The molecule has 0 saturated heterocycles. The summed E-state index contributed by atoms with van der Waals surface area (Å²) < 4.78 is 5.36.